The Morgan fingerprint density at radius 1 is 0.896 bits per heavy atom. The number of benzene rings is 2. The van der Waals surface area contributed by atoms with Crippen LogP contribution in [0.4, 0.5) is 0 Å². The highest BCUT2D eigenvalue weighted by atomic mass is 16.6. The lowest BCUT2D eigenvalue weighted by molar-refractivity contribution is -0.279. The van der Waals surface area contributed by atoms with Crippen LogP contribution in [0.25, 0.3) is 0 Å². The van der Waals surface area contributed by atoms with Gasteiger partial charge in [0.1, 0.15) is 11.2 Å². The van der Waals surface area contributed by atoms with E-state index >= 15 is 9.59 Å². The minimum Gasteiger partial charge on any atom is -0.509 e. The quantitative estimate of drug-likeness (QED) is 0.226. The van der Waals surface area contributed by atoms with E-state index in [4.69, 9.17) is 15.2 Å². The van der Waals surface area contributed by atoms with Gasteiger partial charge in [-0.05, 0) is 141 Å². The van der Waals surface area contributed by atoms with Crippen LogP contribution < -0.4 is 5.73 Å². The fraction of sp³-hybridized carbons (Fsp3) is 0.627. The van der Waals surface area contributed by atoms with E-state index in [0.29, 0.717) is 78.7 Å². The molecule has 15 bridgehead atoms. The lowest BCUT2D eigenvalue weighted by Crippen LogP contribution is -2.77. The molecule has 8 heteroatoms. The molecule has 0 radical (unpaired) electrons. The number of piperidine rings is 2. The average molecular weight is 902 g/mol. The molecule has 2 aromatic carbocycles. The van der Waals surface area contributed by atoms with Crippen LogP contribution in [-0.4, -0.2) is 65.1 Å². The van der Waals surface area contributed by atoms with Crippen LogP contribution >= 0.6 is 0 Å². The van der Waals surface area contributed by atoms with E-state index < -0.39 is 16.4 Å². The molecule has 5 fully saturated rings. The molecule has 17 rings (SSSR count). The molecule has 15 aliphatic rings. The number of aryl methyl sites for hydroxylation is 2. The molecule has 0 amide bonds. The molecule has 3 saturated heterocycles. The third kappa shape index (κ3) is 5.49. The molecular weight excluding hydrogens is 831 g/mol. The van der Waals surface area contributed by atoms with Gasteiger partial charge in [0.15, 0.2) is 11.4 Å². The van der Waals surface area contributed by atoms with Gasteiger partial charge in [0.2, 0.25) is 0 Å². The summed E-state index contributed by atoms with van der Waals surface area (Å²) in [6.07, 6.45) is 23.7. The van der Waals surface area contributed by atoms with Crippen molar-refractivity contribution in [3.63, 3.8) is 0 Å². The molecule has 3 N–H and O–H groups in total. The molecule has 9 aliphatic heterocycles. The first-order valence-electron chi connectivity index (χ1n) is 27.2. The highest BCUT2D eigenvalue weighted by Gasteiger charge is 2.93. The Morgan fingerprint density at radius 3 is 2.63 bits per heavy atom. The highest BCUT2D eigenvalue weighted by Crippen LogP contribution is 2.87. The lowest BCUT2D eigenvalue weighted by atomic mass is 9.28. The Kier molecular flexibility index (Phi) is 9.47. The second-order valence-electron chi connectivity index (χ2n) is 24.1. The van der Waals surface area contributed by atoms with Gasteiger partial charge in [-0.3, -0.25) is 9.69 Å². The largest absolute Gasteiger partial charge is 0.509 e. The zero-order valence-corrected chi connectivity index (χ0v) is 39.8. The van der Waals surface area contributed by atoms with Crippen molar-refractivity contribution in [3.8, 4) is 0 Å². The first-order chi connectivity index (χ1) is 32.7. The molecule has 352 valence electrons. The molecule has 13 unspecified atom stereocenters. The number of nitrogens with zero attached hydrogens (tertiary/aromatic N) is 2. The van der Waals surface area contributed by atoms with Gasteiger partial charge in [0.25, 0.3) is 0 Å². The van der Waals surface area contributed by atoms with Crippen molar-refractivity contribution in [2.75, 3.05) is 26.2 Å². The molecule has 6 aliphatic carbocycles. The molecule has 0 aromatic heterocycles. The number of hydrogen-bond acceptors (Lipinski definition) is 8. The highest BCUT2D eigenvalue weighted by molar-refractivity contribution is 6.00. The minimum absolute atomic E-state index is 0.136. The molecule has 2 aromatic rings. The van der Waals surface area contributed by atoms with Crippen LogP contribution in [0.2, 0.25) is 0 Å². The fourth-order valence-electron chi connectivity index (χ4n) is 19.0. The van der Waals surface area contributed by atoms with E-state index in [9.17, 15) is 5.11 Å². The van der Waals surface area contributed by atoms with Gasteiger partial charge in [0.05, 0.1) is 17.0 Å². The van der Waals surface area contributed by atoms with E-state index in [-0.39, 0.29) is 35.6 Å². The van der Waals surface area contributed by atoms with Crippen molar-refractivity contribution in [3.05, 3.63) is 116 Å². The number of carbonyl (C=O) groups is 2. The number of aliphatic hydroxyl groups is 1. The first-order valence-corrected chi connectivity index (χ1v) is 27.2. The Morgan fingerprint density at radius 2 is 1.75 bits per heavy atom. The van der Waals surface area contributed by atoms with Gasteiger partial charge in [0, 0.05) is 55.2 Å². The summed E-state index contributed by atoms with van der Waals surface area (Å²) in [5, 5.41) is 13.4. The number of nitrogens with two attached hydrogens (primary N) is 1. The van der Waals surface area contributed by atoms with Crippen molar-refractivity contribution >= 4 is 11.9 Å². The SMILES string of the molecule is CC1CC2=C3C4C5=C6CC(Cc7cccc(c7)CCCCC7C68C(=O)OC(=C(O)CC(CC6CCCCC6)N6CC9CC(C6)C(C=C2)N3C9)C8(CC5)C72OC(=O)c3c(CCCN)cccc32)C14. The van der Waals surface area contributed by atoms with Gasteiger partial charge in [-0.15, -0.1) is 0 Å². The maximum Gasteiger partial charge on any atom is 0.339 e. The van der Waals surface area contributed by atoms with Gasteiger partial charge in [-0.25, -0.2) is 4.79 Å². The summed E-state index contributed by atoms with van der Waals surface area (Å²) in [5.74, 6) is 3.07. The molecule has 2 saturated carbocycles. The van der Waals surface area contributed by atoms with Crippen LogP contribution in [-0.2, 0) is 39.1 Å². The maximum atomic E-state index is 16.3. The van der Waals surface area contributed by atoms with Gasteiger partial charge < -0.3 is 25.2 Å². The Labute approximate surface area is 397 Å². The normalized spacial score (nSPS) is 41.2. The lowest BCUT2D eigenvalue weighted by Gasteiger charge is -2.72. The summed E-state index contributed by atoms with van der Waals surface area (Å²) in [7, 11) is 0. The Balaban J connectivity index is 1.05. The smallest absolute Gasteiger partial charge is 0.339 e. The molecular formula is C59H71N3O5. The van der Waals surface area contributed by atoms with E-state index in [2.05, 4.69) is 71.3 Å². The standard InChI is InChI=1S/C59H71N3O5/c1-34-24-40-19-20-47-42-27-38-31-61(33-42)43(28-36-10-3-2-4-11-36)30-48(63)54-57-22-21-44-46-29-41(50(34)52(44)53(40)62(47)32-38)26-37-14-7-13-35(25-37)12-5-6-18-49(58(46,57)56(65)66-54)59(57)45-17-8-15-39(16-9-23-60)51(45)55(64)67-59/h7-8,13-15,17,19-20,25,34,36,38,41-43,47,49-50,52,63H,2-6,9-12,16,18,21-24,26-33,60H2,1H3. The van der Waals surface area contributed by atoms with E-state index in [0.717, 1.165) is 95.0 Å². The van der Waals surface area contributed by atoms with Gasteiger partial charge >= 0.3 is 11.9 Å². The van der Waals surface area contributed by atoms with E-state index in [1.807, 2.05) is 0 Å². The van der Waals surface area contributed by atoms with Crippen molar-refractivity contribution in [1.29, 1.82) is 0 Å². The summed E-state index contributed by atoms with van der Waals surface area (Å²) in [5.41, 5.74) is 14.2. The van der Waals surface area contributed by atoms with Crippen LogP contribution in [0, 0.1) is 58.2 Å². The number of allylic oxidation sites excluding steroid dienone is 3. The van der Waals surface area contributed by atoms with Crippen molar-refractivity contribution in [2.45, 2.75) is 147 Å². The van der Waals surface area contributed by atoms with E-state index in [1.54, 1.807) is 5.70 Å². The maximum absolute atomic E-state index is 16.3. The third-order valence-corrected chi connectivity index (χ3v) is 21.0. The first kappa shape index (κ1) is 41.8. The number of carbonyl (C=O) groups excluding carboxylic acids is 2. The monoisotopic (exact) mass is 902 g/mol. The van der Waals surface area contributed by atoms with Gasteiger partial charge in [-0.2, -0.15) is 0 Å². The minimum atomic E-state index is -1.15. The van der Waals surface area contributed by atoms with Crippen molar-refractivity contribution in [2.24, 2.45) is 63.9 Å². The van der Waals surface area contributed by atoms with Gasteiger partial charge in [-0.1, -0.05) is 111 Å². The predicted octanol–water partition coefficient (Wildman–Crippen LogP) is 10.4. The number of hydrogen-bond donors (Lipinski definition) is 2. The predicted molar refractivity (Wildman–Crippen MR) is 257 cm³/mol. The molecule has 9 heterocycles. The summed E-state index contributed by atoms with van der Waals surface area (Å²) < 4.78 is 14.4. The molecule has 13 atom stereocenters. The zero-order chi connectivity index (χ0) is 45.0. The third-order valence-electron chi connectivity index (χ3n) is 21.0. The second kappa shape index (κ2) is 15.2. The zero-order valence-electron chi connectivity index (χ0n) is 39.8. The number of esters is 2. The summed E-state index contributed by atoms with van der Waals surface area (Å²) >= 11 is 0. The Bertz CT molecular complexity index is 2580. The summed E-state index contributed by atoms with van der Waals surface area (Å²) in [6, 6.07) is 16.3. The van der Waals surface area contributed by atoms with Crippen molar-refractivity contribution < 1.29 is 24.2 Å². The number of ether oxygens (including phenoxy) is 2. The molecule has 3 spiro atoms. The number of aliphatic hydroxyl groups excluding tert-OH is 1. The van der Waals surface area contributed by atoms with Crippen LogP contribution in [0.1, 0.15) is 142 Å². The second-order valence-corrected chi connectivity index (χ2v) is 24.1. The molecule has 8 nitrogen and oxygen atoms in total. The number of fused-ring (bicyclic) bond motifs is 7. The van der Waals surface area contributed by atoms with Crippen LogP contribution in [0.5, 0.6) is 0 Å². The molecule has 67 heavy (non-hydrogen) atoms. The van der Waals surface area contributed by atoms with Crippen LogP contribution in [0.3, 0.4) is 0 Å². The topological polar surface area (TPSA) is 105 Å². The number of rotatable bonds is 5. The van der Waals surface area contributed by atoms with E-state index in [1.165, 1.54) is 66.4 Å². The summed E-state index contributed by atoms with van der Waals surface area (Å²) in [4.78, 5) is 37.0. The van der Waals surface area contributed by atoms with Crippen molar-refractivity contribution in [1.82, 2.24) is 9.80 Å². The summed E-state index contributed by atoms with van der Waals surface area (Å²) in [6.45, 7) is 6.23. The fourth-order valence-corrected chi connectivity index (χ4v) is 19.0. The average Bonchev–Trinajstić information content (AvgIpc) is 3.79. The van der Waals surface area contributed by atoms with Crippen LogP contribution in [0.15, 0.2) is 88.6 Å². The Hall–Kier alpha value is -4.14.